The minimum Gasteiger partial charge on any atom is -0.460 e. The van der Waals surface area contributed by atoms with E-state index in [-0.39, 0.29) is 46.2 Å². The van der Waals surface area contributed by atoms with Crippen molar-refractivity contribution in [1.82, 2.24) is 10.2 Å². The molecule has 212 valence electrons. The topological polar surface area (TPSA) is 105 Å². The minimum absolute atomic E-state index is 0.0187. The third kappa shape index (κ3) is 4.59. The van der Waals surface area contributed by atoms with Crippen molar-refractivity contribution in [3.05, 3.63) is 12.2 Å². The first-order valence-electron chi connectivity index (χ1n) is 14.6. The lowest BCUT2D eigenvalue weighted by atomic mass is 9.70. The van der Waals surface area contributed by atoms with Crippen LogP contribution in [0.15, 0.2) is 12.2 Å². The van der Waals surface area contributed by atoms with Gasteiger partial charge in [0.1, 0.15) is 17.7 Å². The zero-order chi connectivity index (χ0) is 27.5. The summed E-state index contributed by atoms with van der Waals surface area (Å²) in [7, 11) is 1.60. The van der Waals surface area contributed by atoms with E-state index in [0.717, 1.165) is 25.7 Å². The minimum atomic E-state index is -0.927. The Morgan fingerprint density at radius 2 is 1.76 bits per heavy atom. The Bertz CT molecular complexity index is 1000. The van der Waals surface area contributed by atoms with E-state index in [1.165, 1.54) is 12.5 Å². The molecule has 38 heavy (non-hydrogen) atoms. The third-order valence-electron chi connectivity index (χ3n) is 11.3. The first-order chi connectivity index (χ1) is 17.8. The first-order valence-corrected chi connectivity index (χ1v) is 14.6. The highest BCUT2D eigenvalue weighted by atomic mass is 16.5. The highest BCUT2D eigenvalue weighted by Crippen LogP contribution is 2.66. The number of aliphatic hydroxyl groups is 1. The van der Waals surface area contributed by atoms with Gasteiger partial charge in [0, 0.05) is 19.1 Å². The van der Waals surface area contributed by atoms with Crippen LogP contribution < -0.4 is 5.32 Å². The molecule has 8 heteroatoms. The lowest BCUT2D eigenvalue weighted by Gasteiger charge is -2.39. The van der Waals surface area contributed by atoms with Gasteiger partial charge in [-0.15, -0.1) is 0 Å². The number of ether oxygens (including phenoxy) is 2. The standard InChI is InChI=1S/C30H46N2O6/c1-27(2)19-8-13-29(27,4)23(17-19)38-25(35)20-7-6-16-32(20)26(36)30(14-15-30)31-24(34)10-12-28(3)11-9-21(33)22(18-28)37-5/h10,12,19-23,33H,6-9,11,13-18H2,1-5H3,(H,31,34)/b12-10+. The quantitative estimate of drug-likeness (QED) is 0.386. The number of esters is 1. The maximum atomic E-state index is 13.6. The summed E-state index contributed by atoms with van der Waals surface area (Å²) in [6.45, 7) is 9.42. The van der Waals surface area contributed by atoms with Gasteiger partial charge in [-0.25, -0.2) is 4.79 Å². The number of methoxy groups -OCH3 is 1. The van der Waals surface area contributed by atoms with Crippen LogP contribution in [0.5, 0.6) is 0 Å². The molecule has 5 fully saturated rings. The summed E-state index contributed by atoms with van der Waals surface area (Å²) in [5, 5.41) is 13.1. The van der Waals surface area contributed by atoms with E-state index in [2.05, 4.69) is 33.0 Å². The Labute approximate surface area is 226 Å². The number of hydrogen-bond acceptors (Lipinski definition) is 6. The molecule has 7 atom stereocenters. The van der Waals surface area contributed by atoms with Crippen LogP contribution >= 0.6 is 0 Å². The van der Waals surface area contributed by atoms with Gasteiger partial charge in [-0.1, -0.05) is 33.8 Å². The van der Waals surface area contributed by atoms with Crippen LogP contribution in [0.25, 0.3) is 0 Å². The SMILES string of the molecule is COC1CC(C)(/C=C/C(=O)NC2(C(=O)N3CCCC3C(=O)OC3CC4CCC3(C)C4(C)C)CC2)CCC1O. The van der Waals surface area contributed by atoms with Gasteiger partial charge in [-0.3, -0.25) is 9.59 Å². The molecule has 4 aliphatic carbocycles. The summed E-state index contributed by atoms with van der Waals surface area (Å²) < 4.78 is 11.6. The second-order valence-electron chi connectivity index (χ2n) is 13.8. The number of carbonyl (C=O) groups excluding carboxylic acids is 3. The molecule has 0 radical (unpaired) electrons. The summed E-state index contributed by atoms with van der Waals surface area (Å²) >= 11 is 0. The van der Waals surface area contributed by atoms with E-state index >= 15 is 0 Å². The Balaban J connectivity index is 1.19. The summed E-state index contributed by atoms with van der Waals surface area (Å²) in [6.07, 6.45) is 10.3. The molecular weight excluding hydrogens is 484 g/mol. The molecule has 0 spiro atoms. The van der Waals surface area contributed by atoms with Crippen molar-refractivity contribution >= 4 is 17.8 Å². The number of aliphatic hydroxyl groups excluding tert-OH is 1. The second-order valence-corrected chi connectivity index (χ2v) is 13.8. The molecule has 1 aliphatic heterocycles. The number of nitrogens with one attached hydrogen (secondary N) is 1. The number of nitrogens with zero attached hydrogens (tertiary/aromatic N) is 1. The van der Waals surface area contributed by atoms with Crippen LogP contribution in [0.1, 0.15) is 91.9 Å². The average molecular weight is 531 g/mol. The molecule has 8 nitrogen and oxygen atoms in total. The van der Waals surface area contributed by atoms with Crippen molar-refractivity contribution in [2.75, 3.05) is 13.7 Å². The Kier molecular flexibility index (Phi) is 6.99. The lowest BCUT2D eigenvalue weighted by Crippen LogP contribution is -2.54. The smallest absolute Gasteiger partial charge is 0.329 e. The number of fused-ring (bicyclic) bond motifs is 2. The van der Waals surface area contributed by atoms with Crippen molar-refractivity contribution in [2.24, 2.45) is 22.2 Å². The maximum absolute atomic E-state index is 13.6. The van der Waals surface area contributed by atoms with Gasteiger partial charge in [0.2, 0.25) is 11.8 Å². The van der Waals surface area contributed by atoms with Crippen molar-refractivity contribution < 1.29 is 29.0 Å². The molecule has 5 aliphatic rings. The van der Waals surface area contributed by atoms with Crippen molar-refractivity contribution in [3.63, 3.8) is 0 Å². The largest absolute Gasteiger partial charge is 0.460 e. The molecule has 2 bridgehead atoms. The molecule has 1 saturated heterocycles. The van der Waals surface area contributed by atoms with Crippen LogP contribution in [0, 0.1) is 22.2 Å². The van der Waals surface area contributed by atoms with Gasteiger partial charge in [0.05, 0.1) is 12.2 Å². The monoisotopic (exact) mass is 530 g/mol. The lowest BCUT2D eigenvalue weighted by molar-refractivity contribution is -0.165. The molecule has 2 N–H and O–H groups in total. The highest BCUT2D eigenvalue weighted by Gasteiger charge is 2.63. The van der Waals surface area contributed by atoms with Crippen LogP contribution in [-0.2, 0) is 23.9 Å². The Morgan fingerprint density at radius 1 is 1.03 bits per heavy atom. The van der Waals surface area contributed by atoms with E-state index in [4.69, 9.17) is 9.47 Å². The number of hydrogen-bond donors (Lipinski definition) is 2. The normalized spacial score (nSPS) is 40.9. The zero-order valence-corrected chi connectivity index (χ0v) is 23.8. The number of allylic oxidation sites excluding steroid dienone is 1. The van der Waals surface area contributed by atoms with Crippen molar-refractivity contribution in [2.45, 2.75) is 122 Å². The molecule has 1 heterocycles. The molecule has 0 aromatic heterocycles. The number of rotatable bonds is 7. The number of carbonyl (C=O) groups is 3. The fraction of sp³-hybridized carbons (Fsp3) is 0.833. The highest BCUT2D eigenvalue weighted by molar-refractivity contribution is 5.99. The molecule has 7 unspecified atom stereocenters. The predicted octanol–water partition coefficient (Wildman–Crippen LogP) is 3.51. The van der Waals surface area contributed by atoms with E-state index in [1.807, 2.05) is 6.08 Å². The Morgan fingerprint density at radius 3 is 2.37 bits per heavy atom. The van der Waals surface area contributed by atoms with Gasteiger partial charge in [0.15, 0.2) is 0 Å². The van der Waals surface area contributed by atoms with Crippen LogP contribution in [0.4, 0.5) is 0 Å². The molecule has 5 rings (SSSR count). The van der Waals surface area contributed by atoms with Crippen LogP contribution in [0.3, 0.4) is 0 Å². The fourth-order valence-corrected chi connectivity index (χ4v) is 7.88. The van der Waals surface area contributed by atoms with E-state index in [1.54, 1.807) is 12.0 Å². The predicted molar refractivity (Wildman–Crippen MR) is 142 cm³/mol. The summed E-state index contributed by atoms with van der Waals surface area (Å²) in [4.78, 5) is 41.5. The maximum Gasteiger partial charge on any atom is 0.329 e. The first kappa shape index (κ1) is 27.6. The van der Waals surface area contributed by atoms with Gasteiger partial charge in [0.25, 0.3) is 0 Å². The molecular formula is C30H46N2O6. The molecule has 0 aromatic rings. The summed E-state index contributed by atoms with van der Waals surface area (Å²) in [5.74, 6) is -0.171. The zero-order valence-electron chi connectivity index (χ0n) is 23.8. The van der Waals surface area contributed by atoms with Crippen LogP contribution in [-0.4, -0.2) is 71.3 Å². The van der Waals surface area contributed by atoms with Gasteiger partial charge in [-0.05, 0) is 87.0 Å². The van der Waals surface area contributed by atoms with Crippen molar-refractivity contribution in [3.8, 4) is 0 Å². The number of likely N-dealkylation sites (tertiary alicyclic amines) is 1. The molecule has 4 saturated carbocycles. The van der Waals surface area contributed by atoms with E-state index < -0.39 is 17.7 Å². The second kappa shape index (κ2) is 9.61. The third-order valence-corrected chi connectivity index (χ3v) is 11.3. The van der Waals surface area contributed by atoms with Gasteiger partial charge >= 0.3 is 5.97 Å². The molecule has 2 amide bonds. The average Bonchev–Trinajstić information content (AvgIpc) is 3.34. The summed E-state index contributed by atoms with van der Waals surface area (Å²) in [6, 6.07) is -0.572. The number of amides is 2. The molecule has 0 aromatic carbocycles. The Hall–Kier alpha value is -1.93. The van der Waals surface area contributed by atoms with Crippen molar-refractivity contribution in [1.29, 1.82) is 0 Å². The van der Waals surface area contributed by atoms with Crippen LogP contribution in [0.2, 0.25) is 0 Å². The summed E-state index contributed by atoms with van der Waals surface area (Å²) in [5.41, 5.74) is -1.05. The fourth-order valence-electron chi connectivity index (χ4n) is 7.88. The van der Waals surface area contributed by atoms with E-state index in [9.17, 15) is 19.5 Å². The van der Waals surface area contributed by atoms with Gasteiger partial charge < -0.3 is 24.8 Å². The van der Waals surface area contributed by atoms with Gasteiger partial charge in [-0.2, -0.15) is 0 Å². The van der Waals surface area contributed by atoms with E-state index in [0.29, 0.717) is 44.6 Å².